The molecule has 1 fully saturated rings. The maximum Gasteiger partial charge on any atom is 0.125 e. The second-order valence-corrected chi connectivity index (χ2v) is 6.54. The van der Waals surface area contributed by atoms with Crippen LogP contribution in [0.25, 0.3) is 0 Å². The van der Waals surface area contributed by atoms with Crippen LogP contribution in [0.4, 0.5) is 0 Å². The maximum atomic E-state index is 6.35. The fraction of sp³-hybridized carbons (Fsp3) is 0.600. The fourth-order valence-corrected chi connectivity index (χ4v) is 3.68. The number of halogens is 1. The molecule has 1 saturated heterocycles. The molecule has 2 aliphatic heterocycles. The Morgan fingerprint density at radius 1 is 1.42 bits per heavy atom. The van der Waals surface area contributed by atoms with Gasteiger partial charge in [-0.25, -0.2) is 0 Å². The first-order chi connectivity index (χ1) is 9.15. The average molecular weight is 326 g/mol. The lowest BCUT2D eigenvalue weighted by molar-refractivity contribution is 0.0725. The molecule has 1 aromatic carbocycles. The lowest BCUT2D eigenvalue weighted by Gasteiger charge is -2.23. The van der Waals surface area contributed by atoms with Gasteiger partial charge in [0.05, 0.1) is 12.7 Å². The summed E-state index contributed by atoms with van der Waals surface area (Å²) >= 11 is 3.57. The molecule has 0 aliphatic carbocycles. The average Bonchev–Trinajstić information content (AvgIpc) is 2.97. The number of hydrogen-bond acceptors (Lipinski definition) is 3. The van der Waals surface area contributed by atoms with Crippen LogP contribution >= 0.6 is 15.9 Å². The molecule has 3 rings (SSSR count). The minimum Gasteiger partial charge on any atom is -0.493 e. The smallest absolute Gasteiger partial charge is 0.125 e. The Morgan fingerprint density at radius 3 is 3.00 bits per heavy atom. The van der Waals surface area contributed by atoms with Gasteiger partial charge >= 0.3 is 0 Å². The molecule has 2 aliphatic rings. The molecule has 2 N–H and O–H groups in total. The quantitative estimate of drug-likeness (QED) is 0.929. The molecule has 104 valence electrons. The van der Waals surface area contributed by atoms with Crippen LogP contribution < -0.4 is 10.5 Å². The van der Waals surface area contributed by atoms with Crippen molar-refractivity contribution < 1.29 is 9.47 Å². The summed E-state index contributed by atoms with van der Waals surface area (Å²) in [6.07, 6.45) is 3.10. The molecule has 0 radical (unpaired) electrons. The molecular formula is C15H20BrNO2. The van der Waals surface area contributed by atoms with Crippen LogP contribution in [0.5, 0.6) is 5.75 Å². The first-order valence-corrected chi connectivity index (χ1v) is 7.75. The number of hydrogen-bond donors (Lipinski definition) is 1. The highest BCUT2D eigenvalue weighted by atomic mass is 79.9. The van der Waals surface area contributed by atoms with Gasteiger partial charge in [-0.2, -0.15) is 0 Å². The lowest BCUT2D eigenvalue weighted by Crippen LogP contribution is -2.39. The molecule has 19 heavy (non-hydrogen) atoms. The van der Waals surface area contributed by atoms with E-state index in [9.17, 15) is 0 Å². The summed E-state index contributed by atoms with van der Waals surface area (Å²) in [6.45, 7) is 3.84. The Hall–Kier alpha value is -0.580. The van der Waals surface area contributed by atoms with Crippen molar-refractivity contribution in [1.29, 1.82) is 0 Å². The zero-order chi connectivity index (χ0) is 13.4. The highest BCUT2D eigenvalue weighted by Crippen LogP contribution is 2.34. The molecule has 0 saturated carbocycles. The van der Waals surface area contributed by atoms with E-state index < -0.39 is 0 Å². The van der Waals surface area contributed by atoms with Crippen LogP contribution in [-0.2, 0) is 17.6 Å². The van der Waals surface area contributed by atoms with Crippen LogP contribution in [0.2, 0.25) is 0 Å². The topological polar surface area (TPSA) is 44.5 Å². The lowest BCUT2D eigenvalue weighted by atomic mass is 9.92. The van der Waals surface area contributed by atoms with Gasteiger partial charge in [0, 0.05) is 23.5 Å². The molecule has 2 heterocycles. The Morgan fingerprint density at radius 2 is 2.26 bits per heavy atom. The van der Waals surface area contributed by atoms with Crippen LogP contribution in [0.3, 0.4) is 0 Å². The molecule has 0 bridgehead atoms. The van der Waals surface area contributed by atoms with Crippen molar-refractivity contribution in [3.63, 3.8) is 0 Å². The third-order valence-electron chi connectivity index (χ3n) is 4.15. The largest absolute Gasteiger partial charge is 0.493 e. The van der Waals surface area contributed by atoms with Gasteiger partial charge in [0.2, 0.25) is 0 Å². The van der Waals surface area contributed by atoms with E-state index in [1.807, 2.05) is 0 Å². The molecular weight excluding hydrogens is 306 g/mol. The minimum atomic E-state index is 0.0418. The second-order valence-electron chi connectivity index (χ2n) is 5.62. The maximum absolute atomic E-state index is 6.35. The van der Waals surface area contributed by atoms with E-state index in [0.29, 0.717) is 5.92 Å². The van der Waals surface area contributed by atoms with E-state index in [-0.39, 0.29) is 12.1 Å². The Balaban J connectivity index is 1.79. The number of ether oxygens (including phenoxy) is 2. The summed E-state index contributed by atoms with van der Waals surface area (Å²) in [5, 5.41) is 0. The predicted octanol–water partition coefficient (Wildman–Crippen LogP) is 2.68. The molecule has 1 aromatic rings. The summed E-state index contributed by atoms with van der Waals surface area (Å²) in [5.41, 5.74) is 8.84. The summed E-state index contributed by atoms with van der Waals surface area (Å²) in [7, 11) is 0. The molecule has 4 heteroatoms. The van der Waals surface area contributed by atoms with Crippen molar-refractivity contribution in [2.24, 2.45) is 11.7 Å². The van der Waals surface area contributed by atoms with E-state index >= 15 is 0 Å². The van der Waals surface area contributed by atoms with Gasteiger partial charge in [0.15, 0.2) is 0 Å². The minimum absolute atomic E-state index is 0.0418. The molecule has 0 aromatic heterocycles. The number of nitrogens with two attached hydrogens (primary N) is 1. The van der Waals surface area contributed by atoms with Gasteiger partial charge in [0.25, 0.3) is 0 Å². The van der Waals surface area contributed by atoms with Crippen LogP contribution in [-0.4, -0.2) is 25.4 Å². The number of rotatable bonds is 3. The van der Waals surface area contributed by atoms with E-state index in [1.165, 1.54) is 11.1 Å². The van der Waals surface area contributed by atoms with Gasteiger partial charge in [0.1, 0.15) is 5.75 Å². The Kier molecular flexibility index (Phi) is 3.83. The van der Waals surface area contributed by atoms with Crippen LogP contribution in [0.15, 0.2) is 16.6 Å². The summed E-state index contributed by atoms with van der Waals surface area (Å²) in [4.78, 5) is 0. The first-order valence-electron chi connectivity index (χ1n) is 6.96. The molecule has 3 atom stereocenters. The first kappa shape index (κ1) is 13.4. The van der Waals surface area contributed by atoms with Gasteiger partial charge in [-0.05, 0) is 42.0 Å². The van der Waals surface area contributed by atoms with Crippen molar-refractivity contribution >= 4 is 15.9 Å². The SMILES string of the molecule is CC1CCOC1C(N)Cc1cc(Br)cc2c1OCC2. The van der Waals surface area contributed by atoms with Crippen molar-refractivity contribution in [1.82, 2.24) is 0 Å². The molecule has 3 nitrogen and oxygen atoms in total. The Labute approximate surface area is 122 Å². The normalized spacial score (nSPS) is 27.1. The monoisotopic (exact) mass is 325 g/mol. The zero-order valence-corrected chi connectivity index (χ0v) is 12.8. The van der Waals surface area contributed by atoms with Gasteiger partial charge in [-0.15, -0.1) is 0 Å². The van der Waals surface area contributed by atoms with E-state index in [2.05, 4.69) is 35.0 Å². The van der Waals surface area contributed by atoms with Crippen molar-refractivity contribution in [3.05, 3.63) is 27.7 Å². The molecule has 0 spiro atoms. The summed E-state index contributed by atoms with van der Waals surface area (Å²) in [6, 6.07) is 4.32. The van der Waals surface area contributed by atoms with Crippen molar-refractivity contribution in [2.75, 3.05) is 13.2 Å². The van der Waals surface area contributed by atoms with Crippen LogP contribution in [0.1, 0.15) is 24.5 Å². The van der Waals surface area contributed by atoms with Gasteiger partial charge in [-0.1, -0.05) is 22.9 Å². The van der Waals surface area contributed by atoms with E-state index in [4.69, 9.17) is 15.2 Å². The van der Waals surface area contributed by atoms with E-state index in [0.717, 1.165) is 42.7 Å². The highest BCUT2D eigenvalue weighted by molar-refractivity contribution is 9.10. The van der Waals surface area contributed by atoms with Crippen molar-refractivity contribution in [2.45, 2.75) is 38.3 Å². The molecule has 3 unspecified atom stereocenters. The fourth-order valence-electron chi connectivity index (χ4n) is 3.13. The third-order valence-corrected chi connectivity index (χ3v) is 4.61. The summed E-state index contributed by atoms with van der Waals surface area (Å²) < 4.78 is 12.6. The summed E-state index contributed by atoms with van der Waals surface area (Å²) in [5.74, 6) is 1.60. The number of benzene rings is 1. The predicted molar refractivity (Wildman–Crippen MR) is 78.5 cm³/mol. The van der Waals surface area contributed by atoms with Crippen LogP contribution in [0, 0.1) is 5.92 Å². The Bertz CT molecular complexity index is 477. The second kappa shape index (κ2) is 5.43. The van der Waals surface area contributed by atoms with Gasteiger partial charge < -0.3 is 15.2 Å². The number of fused-ring (bicyclic) bond motifs is 1. The third kappa shape index (κ3) is 2.67. The van der Waals surface area contributed by atoms with Gasteiger partial charge in [-0.3, -0.25) is 0 Å². The highest BCUT2D eigenvalue weighted by Gasteiger charge is 2.31. The standard InChI is InChI=1S/C15H20BrNO2/c1-9-2-4-18-14(9)13(17)8-11-7-12(16)6-10-3-5-19-15(10)11/h6-7,9,13-14H,2-5,8,17H2,1H3. The van der Waals surface area contributed by atoms with Crippen molar-refractivity contribution in [3.8, 4) is 5.75 Å². The van der Waals surface area contributed by atoms with E-state index in [1.54, 1.807) is 0 Å². The zero-order valence-electron chi connectivity index (χ0n) is 11.2. The molecule has 0 amide bonds.